The first-order chi connectivity index (χ1) is 7.59. The van der Waals surface area contributed by atoms with Gasteiger partial charge in [0.05, 0.1) is 12.7 Å². The molecule has 0 unspecified atom stereocenters. The first-order valence-electron chi connectivity index (χ1n) is 5.36. The molecular weight excluding hydrogens is 229 g/mol. The molecule has 0 atom stereocenters. The van der Waals surface area contributed by atoms with Crippen LogP contribution in [0.4, 0.5) is 4.39 Å². The molecule has 90 valence electrons. The summed E-state index contributed by atoms with van der Waals surface area (Å²) in [5.74, 6) is -0.235. The van der Waals surface area contributed by atoms with Gasteiger partial charge in [0.25, 0.3) is 0 Å². The van der Waals surface area contributed by atoms with Gasteiger partial charge in [0.2, 0.25) is 0 Å². The lowest BCUT2D eigenvalue weighted by Crippen LogP contribution is -2.21. The molecule has 0 saturated carbocycles. The number of benzene rings is 1. The van der Waals surface area contributed by atoms with Crippen molar-refractivity contribution in [3.05, 3.63) is 34.6 Å². The second-order valence-corrected chi connectivity index (χ2v) is 4.27. The molecule has 0 radical (unpaired) electrons. The number of nitrogens with one attached hydrogen (secondary N) is 1. The van der Waals surface area contributed by atoms with Crippen LogP contribution in [0.2, 0.25) is 5.02 Å². The van der Waals surface area contributed by atoms with Crippen LogP contribution in [0.5, 0.6) is 0 Å². The minimum atomic E-state index is -0.235. The summed E-state index contributed by atoms with van der Waals surface area (Å²) >= 11 is 5.78. The largest absolute Gasteiger partial charge is 0.377 e. The summed E-state index contributed by atoms with van der Waals surface area (Å²) in [6.45, 7) is 5.76. The van der Waals surface area contributed by atoms with E-state index >= 15 is 0 Å². The maximum atomic E-state index is 13.3. The highest BCUT2D eigenvalue weighted by atomic mass is 35.5. The lowest BCUT2D eigenvalue weighted by Gasteiger charge is -2.09. The van der Waals surface area contributed by atoms with Gasteiger partial charge in [0.15, 0.2) is 0 Å². The molecule has 0 aliphatic carbocycles. The summed E-state index contributed by atoms with van der Waals surface area (Å²) in [6, 6.07) is 4.55. The van der Waals surface area contributed by atoms with Crippen LogP contribution in [-0.2, 0) is 11.3 Å². The van der Waals surface area contributed by atoms with E-state index in [0.717, 1.165) is 0 Å². The molecule has 2 nitrogen and oxygen atoms in total. The first-order valence-corrected chi connectivity index (χ1v) is 5.73. The van der Waals surface area contributed by atoms with Gasteiger partial charge in [-0.3, -0.25) is 0 Å². The maximum Gasteiger partial charge on any atom is 0.127 e. The predicted molar refractivity (Wildman–Crippen MR) is 64.2 cm³/mol. The summed E-state index contributed by atoms with van der Waals surface area (Å²) in [6.07, 6.45) is 0.227. The van der Waals surface area contributed by atoms with Crippen molar-refractivity contribution in [3.8, 4) is 0 Å². The second kappa shape index (κ2) is 6.84. The number of hydrogen-bond donors (Lipinski definition) is 1. The SMILES string of the molecule is CC(C)OCCNCc1cc(Cl)ccc1F. The summed E-state index contributed by atoms with van der Waals surface area (Å²) in [5.41, 5.74) is 0.581. The average molecular weight is 246 g/mol. The van der Waals surface area contributed by atoms with Crippen LogP contribution >= 0.6 is 11.6 Å². The normalized spacial score (nSPS) is 11.1. The average Bonchev–Trinajstić information content (AvgIpc) is 2.22. The molecule has 0 bridgehead atoms. The van der Waals surface area contributed by atoms with E-state index in [1.165, 1.54) is 6.07 Å². The lowest BCUT2D eigenvalue weighted by atomic mass is 10.2. The Morgan fingerprint density at radius 2 is 2.19 bits per heavy atom. The van der Waals surface area contributed by atoms with Gasteiger partial charge >= 0.3 is 0 Å². The molecule has 0 spiro atoms. The molecule has 1 rings (SSSR count). The van der Waals surface area contributed by atoms with Gasteiger partial charge in [-0.2, -0.15) is 0 Å². The van der Waals surface area contributed by atoms with E-state index in [4.69, 9.17) is 16.3 Å². The number of rotatable bonds is 6. The Morgan fingerprint density at radius 3 is 2.88 bits per heavy atom. The zero-order chi connectivity index (χ0) is 12.0. The Kier molecular flexibility index (Phi) is 5.74. The highest BCUT2D eigenvalue weighted by Crippen LogP contribution is 2.14. The summed E-state index contributed by atoms with van der Waals surface area (Å²) in [4.78, 5) is 0. The number of hydrogen-bond acceptors (Lipinski definition) is 2. The Balaban J connectivity index is 2.29. The lowest BCUT2D eigenvalue weighted by molar-refractivity contribution is 0.0806. The Labute approximate surface area is 101 Å². The van der Waals surface area contributed by atoms with Gasteiger partial charge in [-0.1, -0.05) is 11.6 Å². The minimum Gasteiger partial charge on any atom is -0.377 e. The van der Waals surface area contributed by atoms with E-state index in [1.54, 1.807) is 12.1 Å². The van der Waals surface area contributed by atoms with Gasteiger partial charge in [-0.15, -0.1) is 0 Å². The molecular formula is C12H17ClFNO. The van der Waals surface area contributed by atoms with E-state index in [2.05, 4.69) is 5.32 Å². The van der Waals surface area contributed by atoms with Crippen molar-refractivity contribution in [1.29, 1.82) is 0 Å². The van der Waals surface area contributed by atoms with Crippen LogP contribution in [0, 0.1) is 5.82 Å². The zero-order valence-electron chi connectivity index (χ0n) is 9.59. The van der Waals surface area contributed by atoms with E-state index in [-0.39, 0.29) is 11.9 Å². The van der Waals surface area contributed by atoms with Gasteiger partial charge in [-0.25, -0.2) is 4.39 Å². The molecule has 1 N–H and O–H groups in total. The quantitative estimate of drug-likeness (QED) is 0.778. The second-order valence-electron chi connectivity index (χ2n) is 3.83. The van der Waals surface area contributed by atoms with E-state index in [1.807, 2.05) is 13.8 Å². The topological polar surface area (TPSA) is 21.3 Å². The van der Waals surface area contributed by atoms with Crippen molar-refractivity contribution in [2.75, 3.05) is 13.2 Å². The van der Waals surface area contributed by atoms with E-state index in [0.29, 0.717) is 30.3 Å². The van der Waals surface area contributed by atoms with Gasteiger partial charge in [-0.05, 0) is 32.0 Å². The molecule has 4 heteroatoms. The molecule has 1 aromatic rings. The molecule has 16 heavy (non-hydrogen) atoms. The highest BCUT2D eigenvalue weighted by molar-refractivity contribution is 6.30. The number of halogens is 2. The third-order valence-electron chi connectivity index (χ3n) is 2.05. The summed E-state index contributed by atoms with van der Waals surface area (Å²) < 4.78 is 18.6. The van der Waals surface area contributed by atoms with Crippen LogP contribution < -0.4 is 5.32 Å². The first kappa shape index (κ1) is 13.4. The standard InChI is InChI=1S/C12H17ClFNO/c1-9(2)16-6-5-15-8-10-7-11(13)3-4-12(10)14/h3-4,7,9,15H,5-6,8H2,1-2H3. The predicted octanol–water partition coefficient (Wildman–Crippen LogP) is 2.99. The minimum absolute atomic E-state index is 0.227. The fourth-order valence-corrected chi connectivity index (χ4v) is 1.46. The summed E-state index contributed by atoms with van der Waals surface area (Å²) in [5, 5.41) is 3.65. The third kappa shape index (κ3) is 4.92. The maximum absolute atomic E-state index is 13.3. The monoisotopic (exact) mass is 245 g/mol. The molecule has 0 saturated heterocycles. The smallest absolute Gasteiger partial charge is 0.127 e. The molecule has 0 amide bonds. The van der Waals surface area contributed by atoms with Gasteiger partial charge in [0.1, 0.15) is 5.82 Å². The van der Waals surface area contributed by atoms with Gasteiger partial charge < -0.3 is 10.1 Å². The van der Waals surface area contributed by atoms with Crippen LogP contribution in [0.1, 0.15) is 19.4 Å². The van der Waals surface area contributed by atoms with Crippen molar-refractivity contribution >= 4 is 11.6 Å². The van der Waals surface area contributed by atoms with Gasteiger partial charge in [0, 0.05) is 23.7 Å². The van der Waals surface area contributed by atoms with Crippen molar-refractivity contribution in [1.82, 2.24) is 5.32 Å². The molecule has 0 heterocycles. The molecule has 0 fully saturated rings. The third-order valence-corrected chi connectivity index (χ3v) is 2.29. The highest BCUT2D eigenvalue weighted by Gasteiger charge is 2.02. The molecule has 0 aliphatic rings. The van der Waals surface area contributed by atoms with Crippen LogP contribution in [0.3, 0.4) is 0 Å². The molecule has 1 aromatic carbocycles. The van der Waals surface area contributed by atoms with Crippen molar-refractivity contribution < 1.29 is 9.13 Å². The summed E-state index contributed by atoms with van der Waals surface area (Å²) in [7, 11) is 0. The van der Waals surface area contributed by atoms with E-state index in [9.17, 15) is 4.39 Å². The Morgan fingerprint density at radius 1 is 1.44 bits per heavy atom. The van der Waals surface area contributed by atoms with Crippen molar-refractivity contribution in [2.24, 2.45) is 0 Å². The zero-order valence-corrected chi connectivity index (χ0v) is 10.4. The van der Waals surface area contributed by atoms with Crippen molar-refractivity contribution in [2.45, 2.75) is 26.5 Å². The van der Waals surface area contributed by atoms with Crippen LogP contribution in [-0.4, -0.2) is 19.3 Å². The number of ether oxygens (including phenoxy) is 1. The fraction of sp³-hybridized carbons (Fsp3) is 0.500. The molecule has 0 aromatic heterocycles. The van der Waals surface area contributed by atoms with Crippen LogP contribution in [0.25, 0.3) is 0 Å². The fourth-order valence-electron chi connectivity index (χ4n) is 1.27. The molecule has 0 aliphatic heterocycles. The Hall–Kier alpha value is -0.640. The Bertz CT molecular complexity index is 331. The van der Waals surface area contributed by atoms with E-state index < -0.39 is 0 Å². The van der Waals surface area contributed by atoms with Crippen LogP contribution in [0.15, 0.2) is 18.2 Å². The van der Waals surface area contributed by atoms with Crippen molar-refractivity contribution in [3.63, 3.8) is 0 Å².